The van der Waals surface area contributed by atoms with Gasteiger partial charge >= 0.3 is 0 Å². The van der Waals surface area contributed by atoms with Gasteiger partial charge in [0.25, 0.3) is 0 Å². The van der Waals surface area contributed by atoms with Crippen LogP contribution in [0.1, 0.15) is 22.7 Å². The lowest BCUT2D eigenvalue weighted by molar-refractivity contribution is 0.261. The molecule has 1 N–H and O–H groups in total. The molecule has 2 aromatic carbocycles. The van der Waals surface area contributed by atoms with E-state index in [1.54, 1.807) is 0 Å². The van der Waals surface area contributed by atoms with Gasteiger partial charge in [-0.05, 0) is 55.4 Å². The van der Waals surface area contributed by atoms with Gasteiger partial charge in [0.05, 0.1) is 6.04 Å². The number of hydrogen-bond acceptors (Lipinski definition) is 3. The van der Waals surface area contributed by atoms with Gasteiger partial charge < -0.3 is 15.0 Å². The number of ether oxygens (including phenoxy) is 1. The van der Waals surface area contributed by atoms with Gasteiger partial charge in [-0.15, -0.1) is 0 Å². The van der Waals surface area contributed by atoms with Crippen molar-refractivity contribution in [3.05, 3.63) is 64.2 Å². The van der Waals surface area contributed by atoms with Crippen molar-refractivity contribution in [3.63, 3.8) is 0 Å². The summed E-state index contributed by atoms with van der Waals surface area (Å²) in [4.78, 5) is 2.12. The van der Waals surface area contributed by atoms with Crippen molar-refractivity contribution in [1.82, 2.24) is 10.2 Å². The molecule has 0 radical (unpaired) electrons. The molecule has 0 fully saturated rings. The first-order chi connectivity index (χ1) is 11.1. The molecule has 4 heteroatoms. The highest BCUT2D eigenvalue weighted by Crippen LogP contribution is 2.34. The lowest BCUT2D eigenvalue weighted by atomic mass is 9.89. The van der Waals surface area contributed by atoms with Crippen LogP contribution in [0.4, 0.5) is 0 Å². The molecule has 0 saturated carbocycles. The summed E-state index contributed by atoms with van der Waals surface area (Å²) in [7, 11) is 4.10. The third-order valence-corrected chi connectivity index (χ3v) is 4.54. The predicted molar refractivity (Wildman–Crippen MR) is 95.5 cm³/mol. The number of nitrogens with one attached hydrogen (secondary N) is 1. The van der Waals surface area contributed by atoms with E-state index < -0.39 is 0 Å². The number of fused-ring (bicyclic) bond motifs is 1. The molecule has 0 bridgehead atoms. The van der Waals surface area contributed by atoms with Crippen LogP contribution in [0.3, 0.4) is 0 Å². The Hall–Kier alpha value is -1.55. The highest BCUT2D eigenvalue weighted by molar-refractivity contribution is 6.31. The maximum Gasteiger partial charge on any atom is 0.119 e. The van der Waals surface area contributed by atoms with Gasteiger partial charge in [-0.2, -0.15) is 0 Å². The molecule has 2 aromatic rings. The van der Waals surface area contributed by atoms with E-state index in [9.17, 15) is 0 Å². The van der Waals surface area contributed by atoms with Crippen LogP contribution < -0.4 is 10.1 Å². The van der Waals surface area contributed by atoms with Gasteiger partial charge in [0.2, 0.25) is 0 Å². The van der Waals surface area contributed by atoms with E-state index >= 15 is 0 Å². The maximum atomic E-state index is 6.38. The van der Waals surface area contributed by atoms with Gasteiger partial charge in [-0.1, -0.05) is 35.9 Å². The zero-order chi connectivity index (χ0) is 16.2. The summed E-state index contributed by atoms with van der Waals surface area (Å²) in [6, 6.07) is 14.6. The molecular weight excluding hydrogens is 308 g/mol. The SMILES string of the molecule is CN(C)CCOc1ccc2c(c1)CCNC2c1ccccc1Cl. The summed E-state index contributed by atoms with van der Waals surface area (Å²) >= 11 is 6.38. The Labute approximate surface area is 143 Å². The lowest BCUT2D eigenvalue weighted by Crippen LogP contribution is -2.30. The Kier molecular flexibility index (Phi) is 5.21. The molecule has 0 spiro atoms. The second kappa shape index (κ2) is 7.35. The van der Waals surface area contributed by atoms with Crippen molar-refractivity contribution in [2.45, 2.75) is 12.5 Å². The molecule has 1 aliphatic heterocycles. The van der Waals surface area contributed by atoms with E-state index in [2.05, 4.69) is 48.6 Å². The van der Waals surface area contributed by atoms with Crippen LogP contribution in [-0.4, -0.2) is 38.7 Å². The van der Waals surface area contributed by atoms with E-state index in [1.807, 2.05) is 18.2 Å². The molecule has 1 aliphatic rings. The molecule has 0 aliphatic carbocycles. The summed E-state index contributed by atoms with van der Waals surface area (Å²) in [5.74, 6) is 0.949. The van der Waals surface area contributed by atoms with E-state index in [0.717, 1.165) is 35.8 Å². The van der Waals surface area contributed by atoms with Crippen molar-refractivity contribution in [2.24, 2.45) is 0 Å². The largest absolute Gasteiger partial charge is 0.492 e. The highest BCUT2D eigenvalue weighted by atomic mass is 35.5. The molecule has 0 saturated heterocycles. The summed E-state index contributed by atoms with van der Waals surface area (Å²) < 4.78 is 5.86. The van der Waals surface area contributed by atoms with Gasteiger partial charge in [-0.3, -0.25) is 0 Å². The summed E-state index contributed by atoms with van der Waals surface area (Å²) in [5.41, 5.74) is 3.77. The summed E-state index contributed by atoms with van der Waals surface area (Å²) in [6.45, 7) is 2.57. The molecule has 3 rings (SSSR count). The highest BCUT2D eigenvalue weighted by Gasteiger charge is 2.23. The second-order valence-electron chi connectivity index (χ2n) is 6.17. The fourth-order valence-corrected chi connectivity index (χ4v) is 3.21. The first-order valence-corrected chi connectivity index (χ1v) is 8.41. The van der Waals surface area contributed by atoms with Crippen molar-refractivity contribution in [3.8, 4) is 5.75 Å². The lowest BCUT2D eigenvalue weighted by Gasteiger charge is -2.28. The zero-order valence-corrected chi connectivity index (χ0v) is 14.4. The monoisotopic (exact) mass is 330 g/mol. The van der Waals surface area contributed by atoms with Crippen LogP contribution in [0.5, 0.6) is 5.75 Å². The average molecular weight is 331 g/mol. The first-order valence-electron chi connectivity index (χ1n) is 8.03. The third kappa shape index (κ3) is 3.86. The standard InChI is InChI=1S/C19H23ClN2O/c1-22(2)11-12-23-15-7-8-16-14(13-15)9-10-21-19(16)17-5-3-4-6-18(17)20/h3-8,13,19,21H,9-12H2,1-2H3. The maximum absolute atomic E-state index is 6.38. The van der Waals surface area contributed by atoms with E-state index in [0.29, 0.717) is 6.61 Å². The Morgan fingerprint density at radius 1 is 1.17 bits per heavy atom. The number of likely N-dealkylation sites (N-methyl/N-ethyl adjacent to an activating group) is 1. The molecule has 1 heterocycles. The number of nitrogens with zero attached hydrogens (tertiary/aromatic N) is 1. The topological polar surface area (TPSA) is 24.5 Å². The van der Waals surface area contributed by atoms with E-state index in [1.165, 1.54) is 11.1 Å². The molecule has 1 unspecified atom stereocenters. The summed E-state index contributed by atoms with van der Waals surface area (Å²) in [5, 5.41) is 4.39. The van der Waals surface area contributed by atoms with Crippen molar-refractivity contribution in [2.75, 3.05) is 33.8 Å². The van der Waals surface area contributed by atoms with E-state index in [4.69, 9.17) is 16.3 Å². The quantitative estimate of drug-likeness (QED) is 0.908. The fourth-order valence-electron chi connectivity index (χ4n) is 2.96. The minimum atomic E-state index is 0.156. The smallest absolute Gasteiger partial charge is 0.119 e. The van der Waals surface area contributed by atoms with Crippen molar-refractivity contribution in [1.29, 1.82) is 0 Å². The van der Waals surface area contributed by atoms with Gasteiger partial charge in [0, 0.05) is 18.1 Å². The van der Waals surface area contributed by atoms with Gasteiger partial charge in [-0.25, -0.2) is 0 Å². The first kappa shape index (κ1) is 16.3. The second-order valence-corrected chi connectivity index (χ2v) is 6.58. The van der Waals surface area contributed by atoms with Crippen LogP contribution in [-0.2, 0) is 6.42 Å². The predicted octanol–water partition coefficient (Wildman–Crippen LogP) is 3.52. The Morgan fingerprint density at radius 3 is 2.78 bits per heavy atom. The number of halogens is 1. The van der Waals surface area contributed by atoms with Crippen molar-refractivity contribution >= 4 is 11.6 Å². The van der Waals surface area contributed by atoms with Crippen LogP contribution in [0.25, 0.3) is 0 Å². The molecule has 122 valence electrons. The fraction of sp³-hybridized carbons (Fsp3) is 0.368. The number of benzene rings is 2. The van der Waals surface area contributed by atoms with E-state index in [-0.39, 0.29) is 6.04 Å². The van der Waals surface area contributed by atoms with Crippen LogP contribution in [0.2, 0.25) is 5.02 Å². The minimum absolute atomic E-state index is 0.156. The van der Waals surface area contributed by atoms with Crippen LogP contribution in [0, 0.1) is 0 Å². The molecule has 0 amide bonds. The molecule has 23 heavy (non-hydrogen) atoms. The zero-order valence-electron chi connectivity index (χ0n) is 13.7. The molecule has 3 nitrogen and oxygen atoms in total. The van der Waals surface area contributed by atoms with Crippen LogP contribution >= 0.6 is 11.6 Å². The minimum Gasteiger partial charge on any atom is -0.492 e. The van der Waals surface area contributed by atoms with Crippen molar-refractivity contribution < 1.29 is 4.74 Å². The molecule has 1 atom stereocenters. The summed E-state index contributed by atoms with van der Waals surface area (Å²) in [6.07, 6.45) is 1.02. The Bertz CT molecular complexity index is 672. The van der Waals surface area contributed by atoms with Gasteiger partial charge in [0.15, 0.2) is 0 Å². The normalized spacial score (nSPS) is 17.1. The number of hydrogen-bond donors (Lipinski definition) is 1. The molecular formula is C19H23ClN2O. The number of rotatable bonds is 5. The molecule has 0 aromatic heterocycles. The Balaban J connectivity index is 1.81. The average Bonchev–Trinajstić information content (AvgIpc) is 2.54. The van der Waals surface area contributed by atoms with Crippen LogP contribution in [0.15, 0.2) is 42.5 Å². The van der Waals surface area contributed by atoms with Gasteiger partial charge in [0.1, 0.15) is 12.4 Å². The Morgan fingerprint density at radius 2 is 2.00 bits per heavy atom. The third-order valence-electron chi connectivity index (χ3n) is 4.19.